The molecule has 1 fully saturated rings. The first kappa shape index (κ1) is 10.2. The van der Waals surface area contributed by atoms with Gasteiger partial charge in [-0.1, -0.05) is 12.1 Å². The Morgan fingerprint density at radius 3 is 2.41 bits per heavy atom. The Labute approximate surface area is 98.2 Å². The van der Waals surface area contributed by atoms with E-state index in [1.807, 2.05) is 24.3 Å². The summed E-state index contributed by atoms with van der Waals surface area (Å²) in [6, 6.07) is 10.1. The summed E-state index contributed by atoms with van der Waals surface area (Å²) in [7, 11) is 0. The molecular formula is C12H14N4O. The summed E-state index contributed by atoms with van der Waals surface area (Å²) >= 11 is 0. The normalized spacial score (nSPS) is 15.5. The van der Waals surface area contributed by atoms with Gasteiger partial charge in [0, 0.05) is 24.8 Å². The molecule has 0 saturated carbocycles. The van der Waals surface area contributed by atoms with Gasteiger partial charge in [0.1, 0.15) is 0 Å². The van der Waals surface area contributed by atoms with Crippen molar-refractivity contribution in [2.75, 3.05) is 18.4 Å². The Kier molecular flexibility index (Phi) is 2.45. The molecule has 5 heteroatoms. The Bertz CT molecular complexity index is 550. The van der Waals surface area contributed by atoms with E-state index in [1.54, 1.807) is 6.07 Å². The van der Waals surface area contributed by atoms with Crippen LogP contribution in [-0.2, 0) is 0 Å². The lowest BCUT2D eigenvalue weighted by Gasteiger charge is -2.29. The number of H-pyrrole nitrogens is 2. The molecule has 0 radical (unpaired) electrons. The van der Waals surface area contributed by atoms with Crippen molar-refractivity contribution in [1.29, 1.82) is 0 Å². The first-order valence-corrected chi connectivity index (χ1v) is 5.67. The maximum absolute atomic E-state index is 11.0. The zero-order valence-electron chi connectivity index (χ0n) is 9.29. The van der Waals surface area contributed by atoms with Gasteiger partial charge in [0.15, 0.2) is 0 Å². The molecule has 4 N–H and O–H groups in total. The van der Waals surface area contributed by atoms with E-state index >= 15 is 0 Å². The molecule has 1 aromatic carbocycles. The molecule has 0 atom stereocenters. The van der Waals surface area contributed by atoms with Crippen LogP contribution in [0.25, 0.3) is 11.3 Å². The lowest BCUT2D eigenvalue weighted by Crippen LogP contribution is -2.51. The van der Waals surface area contributed by atoms with E-state index in [2.05, 4.69) is 20.8 Å². The molecule has 2 aromatic rings. The predicted octanol–water partition coefficient (Wildman–Crippen LogP) is 0.754. The third-order valence-electron chi connectivity index (χ3n) is 2.94. The minimum absolute atomic E-state index is 0.109. The van der Waals surface area contributed by atoms with Gasteiger partial charge in [-0.3, -0.25) is 15.0 Å². The van der Waals surface area contributed by atoms with Crippen LogP contribution in [0.15, 0.2) is 35.1 Å². The van der Waals surface area contributed by atoms with E-state index in [0.29, 0.717) is 6.04 Å². The van der Waals surface area contributed by atoms with Crippen LogP contribution in [0.5, 0.6) is 0 Å². The van der Waals surface area contributed by atoms with E-state index in [4.69, 9.17) is 0 Å². The zero-order chi connectivity index (χ0) is 11.7. The molecule has 5 nitrogen and oxygen atoms in total. The van der Waals surface area contributed by atoms with Crippen LogP contribution in [0.1, 0.15) is 0 Å². The van der Waals surface area contributed by atoms with Crippen LogP contribution in [0.4, 0.5) is 5.69 Å². The maximum atomic E-state index is 11.0. The van der Waals surface area contributed by atoms with E-state index in [-0.39, 0.29) is 5.56 Å². The second-order valence-corrected chi connectivity index (χ2v) is 4.25. The monoisotopic (exact) mass is 230 g/mol. The third kappa shape index (κ3) is 2.09. The highest BCUT2D eigenvalue weighted by molar-refractivity contribution is 5.62. The molecule has 0 unspecified atom stereocenters. The van der Waals surface area contributed by atoms with Gasteiger partial charge in [0.25, 0.3) is 5.56 Å². The summed E-state index contributed by atoms with van der Waals surface area (Å²) < 4.78 is 0. The number of aromatic amines is 2. The lowest BCUT2D eigenvalue weighted by molar-refractivity contribution is 0.472. The van der Waals surface area contributed by atoms with Crippen LogP contribution in [0.3, 0.4) is 0 Å². The summed E-state index contributed by atoms with van der Waals surface area (Å²) in [5.41, 5.74) is 2.81. The molecule has 0 bridgehead atoms. The molecule has 1 aromatic heterocycles. The molecule has 3 rings (SSSR count). The molecular weight excluding hydrogens is 216 g/mol. The van der Waals surface area contributed by atoms with E-state index in [1.165, 1.54) is 0 Å². The maximum Gasteiger partial charge on any atom is 0.264 e. The number of benzene rings is 1. The fourth-order valence-corrected chi connectivity index (χ4v) is 1.86. The highest BCUT2D eigenvalue weighted by Crippen LogP contribution is 2.18. The number of aromatic nitrogens is 2. The topological polar surface area (TPSA) is 72.7 Å². The first-order valence-electron chi connectivity index (χ1n) is 5.67. The van der Waals surface area contributed by atoms with E-state index in [0.717, 1.165) is 30.0 Å². The second-order valence-electron chi connectivity index (χ2n) is 4.25. The number of nitrogens with one attached hydrogen (secondary N) is 4. The second kappa shape index (κ2) is 4.10. The van der Waals surface area contributed by atoms with Crippen LogP contribution in [0.2, 0.25) is 0 Å². The van der Waals surface area contributed by atoms with Crippen LogP contribution >= 0.6 is 0 Å². The Morgan fingerprint density at radius 1 is 1.12 bits per heavy atom. The average molecular weight is 230 g/mol. The number of rotatable bonds is 3. The third-order valence-corrected chi connectivity index (χ3v) is 2.94. The van der Waals surface area contributed by atoms with Crippen molar-refractivity contribution in [3.8, 4) is 11.3 Å². The minimum atomic E-state index is -0.109. The van der Waals surface area contributed by atoms with Gasteiger partial charge in [-0.15, -0.1) is 0 Å². The van der Waals surface area contributed by atoms with Gasteiger partial charge >= 0.3 is 0 Å². The van der Waals surface area contributed by atoms with Gasteiger partial charge in [-0.25, -0.2) is 0 Å². The molecule has 0 spiro atoms. The van der Waals surface area contributed by atoms with Crippen LogP contribution < -0.4 is 16.2 Å². The molecule has 2 heterocycles. The van der Waals surface area contributed by atoms with Crippen LogP contribution in [-0.4, -0.2) is 29.3 Å². The van der Waals surface area contributed by atoms with Crippen molar-refractivity contribution in [3.05, 3.63) is 40.7 Å². The average Bonchev–Trinajstić information content (AvgIpc) is 2.71. The van der Waals surface area contributed by atoms with Crippen molar-refractivity contribution in [3.63, 3.8) is 0 Å². The Balaban J connectivity index is 1.77. The SMILES string of the molecule is O=c1cc(-c2ccc(NC3CNC3)cc2)[nH][nH]1. The molecule has 1 aliphatic rings. The van der Waals surface area contributed by atoms with Gasteiger partial charge < -0.3 is 10.6 Å². The van der Waals surface area contributed by atoms with Gasteiger partial charge in [0.2, 0.25) is 0 Å². The van der Waals surface area contributed by atoms with Crippen molar-refractivity contribution in [2.24, 2.45) is 0 Å². The van der Waals surface area contributed by atoms with Crippen molar-refractivity contribution < 1.29 is 0 Å². The Hall–Kier alpha value is -2.01. The predicted molar refractivity (Wildman–Crippen MR) is 67.1 cm³/mol. The summed E-state index contributed by atoms with van der Waals surface area (Å²) in [4.78, 5) is 11.0. The quantitative estimate of drug-likeness (QED) is 0.629. The molecule has 17 heavy (non-hydrogen) atoms. The molecule has 0 aliphatic carbocycles. The summed E-state index contributed by atoms with van der Waals surface area (Å²) in [5, 5.41) is 12.0. The zero-order valence-corrected chi connectivity index (χ0v) is 9.29. The van der Waals surface area contributed by atoms with Crippen LogP contribution in [0, 0.1) is 0 Å². The van der Waals surface area contributed by atoms with Gasteiger partial charge in [-0.05, 0) is 17.7 Å². The molecule has 1 saturated heterocycles. The fourth-order valence-electron chi connectivity index (χ4n) is 1.86. The fraction of sp³-hybridized carbons (Fsp3) is 0.250. The highest BCUT2D eigenvalue weighted by Gasteiger charge is 2.15. The lowest BCUT2D eigenvalue weighted by atomic mass is 10.1. The smallest absolute Gasteiger partial charge is 0.264 e. The van der Waals surface area contributed by atoms with E-state index < -0.39 is 0 Å². The summed E-state index contributed by atoms with van der Waals surface area (Å²) in [6.07, 6.45) is 0. The van der Waals surface area contributed by atoms with E-state index in [9.17, 15) is 4.79 Å². The standard InChI is InChI=1S/C12H14N4O/c17-12-5-11(15-16-12)8-1-3-9(4-2-8)14-10-6-13-7-10/h1-5,10,13-14H,6-7H2,(H2,15,16,17). The van der Waals surface area contributed by atoms with Crippen molar-refractivity contribution in [1.82, 2.24) is 15.5 Å². The highest BCUT2D eigenvalue weighted by atomic mass is 16.1. The van der Waals surface area contributed by atoms with Gasteiger partial charge in [-0.2, -0.15) is 0 Å². The number of anilines is 1. The summed E-state index contributed by atoms with van der Waals surface area (Å²) in [5.74, 6) is 0. The van der Waals surface area contributed by atoms with Crippen molar-refractivity contribution in [2.45, 2.75) is 6.04 Å². The number of hydrogen-bond donors (Lipinski definition) is 4. The number of hydrogen-bond acceptors (Lipinski definition) is 3. The first-order chi connectivity index (χ1) is 8.31. The van der Waals surface area contributed by atoms with Crippen molar-refractivity contribution >= 4 is 5.69 Å². The summed E-state index contributed by atoms with van der Waals surface area (Å²) in [6.45, 7) is 2.04. The molecule has 0 amide bonds. The molecule has 1 aliphatic heterocycles. The minimum Gasteiger partial charge on any atom is -0.380 e. The largest absolute Gasteiger partial charge is 0.380 e. The molecule has 88 valence electrons. The Morgan fingerprint density at radius 2 is 1.88 bits per heavy atom. The van der Waals surface area contributed by atoms with Gasteiger partial charge in [0.05, 0.1) is 11.7 Å².